The molecule has 0 amide bonds. The number of nitriles is 1. The van der Waals surface area contributed by atoms with Crippen LogP contribution in [-0.4, -0.2) is 11.4 Å². The Morgan fingerprint density at radius 3 is 2.50 bits per heavy atom. The molecular formula is C5H9ClN2. The molecule has 0 fully saturated rings. The molecule has 2 unspecified atom stereocenters. The van der Waals surface area contributed by atoms with Crippen molar-refractivity contribution in [1.82, 2.24) is 0 Å². The van der Waals surface area contributed by atoms with Gasteiger partial charge in [0.2, 0.25) is 0 Å². The first kappa shape index (κ1) is 7.74. The Morgan fingerprint density at radius 1 is 1.88 bits per heavy atom. The smallest absolute Gasteiger partial charge is 0.135 e. The normalized spacial score (nSPS) is 16.8. The lowest BCUT2D eigenvalue weighted by molar-refractivity contribution is 0.671. The third-order valence-electron chi connectivity index (χ3n) is 0.971. The minimum atomic E-state index is -0.528. The zero-order valence-electron chi connectivity index (χ0n) is 4.76. The summed E-state index contributed by atoms with van der Waals surface area (Å²) < 4.78 is 0. The molecule has 2 atom stereocenters. The highest BCUT2D eigenvalue weighted by Crippen LogP contribution is 2.00. The molecule has 46 valence electrons. The zero-order chi connectivity index (χ0) is 6.57. The highest BCUT2D eigenvalue weighted by atomic mass is 35.5. The van der Waals surface area contributed by atoms with Crippen molar-refractivity contribution in [2.24, 2.45) is 5.73 Å². The van der Waals surface area contributed by atoms with E-state index in [2.05, 4.69) is 0 Å². The van der Waals surface area contributed by atoms with E-state index in [9.17, 15) is 0 Å². The van der Waals surface area contributed by atoms with E-state index in [-0.39, 0.29) is 6.04 Å². The molecule has 0 spiro atoms. The van der Waals surface area contributed by atoms with E-state index in [1.807, 2.05) is 13.0 Å². The minimum absolute atomic E-state index is 0.179. The minimum Gasteiger partial charge on any atom is -0.326 e. The van der Waals surface area contributed by atoms with Crippen molar-refractivity contribution in [1.29, 1.82) is 5.26 Å². The molecule has 0 aliphatic carbocycles. The molecule has 0 saturated heterocycles. The predicted molar refractivity (Wildman–Crippen MR) is 33.5 cm³/mol. The fraction of sp³-hybridized carbons (Fsp3) is 0.800. The van der Waals surface area contributed by atoms with E-state index in [1.54, 1.807) is 0 Å². The number of hydrogen-bond donors (Lipinski definition) is 1. The quantitative estimate of drug-likeness (QED) is 0.567. The van der Waals surface area contributed by atoms with Gasteiger partial charge in [-0.1, -0.05) is 6.92 Å². The third kappa shape index (κ3) is 2.15. The Hall–Kier alpha value is -0.260. The fourth-order valence-corrected chi connectivity index (χ4v) is 0.481. The van der Waals surface area contributed by atoms with Gasteiger partial charge in [0.1, 0.15) is 5.38 Å². The van der Waals surface area contributed by atoms with Crippen LogP contribution in [0.1, 0.15) is 13.3 Å². The van der Waals surface area contributed by atoms with Crippen LogP contribution in [-0.2, 0) is 0 Å². The lowest BCUT2D eigenvalue weighted by atomic mass is 10.2. The van der Waals surface area contributed by atoms with E-state index in [0.29, 0.717) is 0 Å². The number of nitrogens with zero attached hydrogens (tertiary/aromatic N) is 1. The second kappa shape index (κ2) is 3.71. The van der Waals surface area contributed by atoms with Crippen molar-refractivity contribution in [3.8, 4) is 6.07 Å². The van der Waals surface area contributed by atoms with Crippen molar-refractivity contribution in [2.75, 3.05) is 0 Å². The summed E-state index contributed by atoms with van der Waals surface area (Å²) in [4.78, 5) is 0. The molecule has 2 N–H and O–H groups in total. The van der Waals surface area contributed by atoms with E-state index < -0.39 is 5.38 Å². The second-order valence-corrected chi connectivity index (χ2v) is 2.07. The van der Waals surface area contributed by atoms with E-state index in [4.69, 9.17) is 22.6 Å². The van der Waals surface area contributed by atoms with Crippen LogP contribution < -0.4 is 5.73 Å². The van der Waals surface area contributed by atoms with Crippen LogP contribution in [0.25, 0.3) is 0 Å². The van der Waals surface area contributed by atoms with Gasteiger partial charge in [-0.2, -0.15) is 5.26 Å². The Balaban J connectivity index is 3.49. The Kier molecular flexibility index (Phi) is 3.59. The average Bonchev–Trinajstić information content (AvgIpc) is 1.84. The molecule has 0 aliphatic heterocycles. The van der Waals surface area contributed by atoms with Crippen molar-refractivity contribution < 1.29 is 0 Å². The molecule has 8 heavy (non-hydrogen) atoms. The summed E-state index contributed by atoms with van der Waals surface area (Å²) in [7, 11) is 0. The first-order chi connectivity index (χ1) is 3.72. The van der Waals surface area contributed by atoms with Gasteiger partial charge in [0.15, 0.2) is 0 Å². The van der Waals surface area contributed by atoms with Crippen LogP contribution in [0.4, 0.5) is 0 Å². The van der Waals surface area contributed by atoms with Gasteiger partial charge >= 0.3 is 0 Å². The highest BCUT2D eigenvalue weighted by Gasteiger charge is 2.09. The number of alkyl halides is 1. The summed E-state index contributed by atoms with van der Waals surface area (Å²) in [6, 6.07) is 1.68. The molecule has 0 aliphatic rings. The summed E-state index contributed by atoms with van der Waals surface area (Å²) in [5.41, 5.74) is 5.37. The van der Waals surface area contributed by atoms with Crippen LogP contribution >= 0.6 is 11.6 Å². The number of rotatable bonds is 2. The molecule has 2 nitrogen and oxygen atoms in total. The maximum atomic E-state index is 8.17. The molecule has 3 heteroatoms. The lowest BCUT2D eigenvalue weighted by Gasteiger charge is -2.06. The van der Waals surface area contributed by atoms with Gasteiger partial charge < -0.3 is 5.73 Å². The van der Waals surface area contributed by atoms with Gasteiger partial charge in [-0.05, 0) is 6.42 Å². The summed E-state index contributed by atoms with van der Waals surface area (Å²) >= 11 is 5.43. The van der Waals surface area contributed by atoms with Crippen LogP contribution in [0.2, 0.25) is 0 Å². The summed E-state index contributed by atoms with van der Waals surface area (Å²) in [6.07, 6.45) is 0.752. The van der Waals surface area contributed by atoms with Gasteiger partial charge in [0.05, 0.1) is 6.07 Å². The van der Waals surface area contributed by atoms with Crippen molar-refractivity contribution in [3.63, 3.8) is 0 Å². The topological polar surface area (TPSA) is 49.8 Å². The maximum Gasteiger partial charge on any atom is 0.135 e. The molecule has 0 radical (unpaired) electrons. The van der Waals surface area contributed by atoms with Gasteiger partial charge in [0, 0.05) is 6.04 Å². The lowest BCUT2D eigenvalue weighted by Crippen LogP contribution is -2.28. The van der Waals surface area contributed by atoms with Crippen LogP contribution in [0.15, 0.2) is 0 Å². The van der Waals surface area contributed by atoms with Gasteiger partial charge in [-0.15, -0.1) is 11.6 Å². The third-order valence-corrected chi connectivity index (χ3v) is 1.39. The Bertz CT molecular complexity index is 97.1. The molecule has 0 rings (SSSR count). The first-order valence-electron chi connectivity index (χ1n) is 2.51. The molecule has 0 aromatic rings. The molecule has 0 aromatic heterocycles. The number of nitrogens with two attached hydrogens (primary N) is 1. The average molecular weight is 133 g/mol. The Morgan fingerprint density at radius 2 is 2.38 bits per heavy atom. The predicted octanol–water partition coefficient (Wildman–Crippen LogP) is 0.855. The zero-order valence-corrected chi connectivity index (χ0v) is 5.52. The molecule has 0 bridgehead atoms. The van der Waals surface area contributed by atoms with Crippen LogP contribution in [0.5, 0.6) is 0 Å². The SMILES string of the molecule is CCC(N)C(Cl)C#N. The molecule has 0 aromatic carbocycles. The second-order valence-electron chi connectivity index (χ2n) is 1.60. The molecular weight excluding hydrogens is 124 g/mol. The molecule has 0 heterocycles. The van der Waals surface area contributed by atoms with E-state index >= 15 is 0 Å². The summed E-state index contributed by atoms with van der Waals surface area (Å²) in [6.45, 7) is 1.90. The van der Waals surface area contributed by atoms with Crippen molar-refractivity contribution in [3.05, 3.63) is 0 Å². The number of halogens is 1. The maximum absolute atomic E-state index is 8.17. The van der Waals surface area contributed by atoms with E-state index in [0.717, 1.165) is 6.42 Å². The van der Waals surface area contributed by atoms with Crippen molar-refractivity contribution >= 4 is 11.6 Å². The van der Waals surface area contributed by atoms with Gasteiger partial charge in [-0.3, -0.25) is 0 Å². The molecule has 0 saturated carbocycles. The largest absolute Gasteiger partial charge is 0.326 e. The first-order valence-corrected chi connectivity index (χ1v) is 2.95. The van der Waals surface area contributed by atoms with Crippen molar-refractivity contribution in [2.45, 2.75) is 24.8 Å². The van der Waals surface area contributed by atoms with E-state index in [1.165, 1.54) is 0 Å². The summed E-state index contributed by atoms with van der Waals surface area (Å²) in [5.74, 6) is 0. The van der Waals surface area contributed by atoms with Crippen LogP contribution in [0, 0.1) is 11.3 Å². The fourth-order valence-electron chi connectivity index (χ4n) is 0.303. The monoisotopic (exact) mass is 132 g/mol. The summed E-state index contributed by atoms with van der Waals surface area (Å²) in [5, 5.41) is 7.65. The standard InChI is InChI=1S/C5H9ClN2/c1-2-5(8)4(6)3-7/h4-5H,2,8H2,1H3. The van der Waals surface area contributed by atoms with Gasteiger partial charge in [0.25, 0.3) is 0 Å². The van der Waals surface area contributed by atoms with Gasteiger partial charge in [-0.25, -0.2) is 0 Å². The van der Waals surface area contributed by atoms with Crippen LogP contribution in [0.3, 0.4) is 0 Å². The number of hydrogen-bond acceptors (Lipinski definition) is 2. The highest BCUT2D eigenvalue weighted by molar-refractivity contribution is 6.22. The Labute approximate surface area is 54.2 Å².